The Morgan fingerprint density at radius 1 is 0.577 bits per heavy atom. The summed E-state index contributed by atoms with van der Waals surface area (Å²) >= 11 is 0. The average Bonchev–Trinajstić information content (AvgIpc) is 3.29. The first-order valence-corrected chi connectivity index (χ1v) is 24.0. The van der Waals surface area contributed by atoms with Gasteiger partial charge < -0.3 is 61.7 Å². The molecule has 9 N–H and O–H groups in total. The lowest BCUT2D eigenvalue weighted by atomic mass is 9.98. The van der Waals surface area contributed by atoms with E-state index >= 15 is 0 Å². The van der Waals surface area contributed by atoms with E-state index in [4.69, 9.17) is 19.9 Å². The maximum absolute atomic E-state index is 13.5. The van der Waals surface area contributed by atoms with E-state index < -0.39 is 96.2 Å². The fraction of sp³-hybridized carbons (Fsp3) is 0.633. The minimum Gasteiger partial charge on any atom is -0.494 e. The molecule has 22 nitrogen and oxygen atoms in total. The van der Waals surface area contributed by atoms with Crippen LogP contribution in [0.3, 0.4) is 0 Å². The number of primary amides is 1. The molecule has 0 bridgehead atoms. The minimum atomic E-state index is -1.44. The average molecular weight is 1000 g/mol. The van der Waals surface area contributed by atoms with Gasteiger partial charge in [0.15, 0.2) is 0 Å². The van der Waals surface area contributed by atoms with E-state index in [1.54, 1.807) is 65.8 Å². The fourth-order valence-corrected chi connectivity index (χ4v) is 7.13. The van der Waals surface area contributed by atoms with Crippen LogP contribution in [-0.4, -0.2) is 133 Å². The molecule has 7 atom stereocenters. The number of hydrogen-bond donors (Lipinski definition) is 8. The number of aliphatic hydroxyl groups is 1. The van der Waals surface area contributed by atoms with Crippen LogP contribution in [0.2, 0.25) is 0 Å². The zero-order chi connectivity index (χ0) is 53.5. The van der Waals surface area contributed by atoms with Gasteiger partial charge in [0.2, 0.25) is 47.2 Å². The maximum atomic E-state index is 13.5. The minimum absolute atomic E-state index is 0.0287. The van der Waals surface area contributed by atoms with Gasteiger partial charge >= 0.3 is 11.9 Å². The second kappa shape index (κ2) is 30.2. The molecule has 0 aliphatic carbocycles. The van der Waals surface area contributed by atoms with Crippen LogP contribution in [0.4, 0.5) is 0 Å². The van der Waals surface area contributed by atoms with Gasteiger partial charge in [-0.25, -0.2) is 14.6 Å². The van der Waals surface area contributed by atoms with E-state index in [9.17, 15) is 48.3 Å². The zero-order valence-corrected chi connectivity index (χ0v) is 42.9. The number of carbonyl (C=O) groups is 9. The molecule has 1 aromatic carbocycles. The van der Waals surface area contributed by atoms with E-state index in [0.717, 1.165) is 12.5 Å². The Bertz CT molecular complexity index is 2130. The van der Waals surface area contributed by atoms with E-state index in [-0.39, 0.29) is 74.4 Å². The Morgan fingerprint density at radius 3 is 1.55 bits per heavy atom. The number of hydrogen-bond acceptors (Lipinski definition) is 15. The number of ether oxygens (including phenoxy) is 4. The molecule has 0 aliphatic rings. The highest BCUT2D eigenvalue weighted by atomic mass is 16.5. The van der Waals surface area contributed by atoms with Gasteiger partial charge in [-0.1, -0.05) is 55.4 Å². The molecule has 71 heavy (non-hydrogen) atoms. The Hall–Kier alpha value is -6.58. The number of methoxy groups -OCH3 is 2. The molecule has 1 heterocycles. The molecule has 396 valence electrons. The lowest BCUT2D eigenvalue weighted by molar-refractivity contribution is -0.147. The summed E-state index contributed by atoms with van der Waals surface area (Å²) in [5, 5.41) is 26.9. The van der Waals surface area contributed by atoms with Crippen LogP contribution in [-0.2, 0) is 52.6 Å². The molecular weight excluding hydrogens is 925 g/mol. The normalized spacial score (nSPS) is 14.3. The molecule has 22 heteroatoms. The predicted octanol–water partition coefficient (Wildman–Crippen LogP) is 1.47. The summed E-state index contributed by atoms with van der Waals surface area (Å²) < 4.78 is 21.2. The molecule has 0 saturated heterocycles. The second-order valence-electron chi connectivity index (χ2n) is 18.9. The first kappa shape index (κ1) is 60.5. The number of aliphatic hydroxyl groups excluding tert-OH is 1. The number of nitrogens with zero attached hydrogens (tertiary/aromatic N) is 1. The van der Waals surface area contributed by atoms with Crippen LogP contribution in [0.25, 0.3) is 10.9 Å². The van der Waals surface area contributed by atoms with Crippen molar-refractivity contribution in [2.24, 2.45) is 29.4 Å². The van der Waals surface area contributed by atoms with Gasteiger partial charge in [0, 0.05) is 30.4 Å². The molecule has 7 amide bonds. The van der Waals surface area contributed by atoms with Crippen LogP contribution >= 0.6 is 0 Å². The van der Waals surface area contributed by atoms with Crippen molar-refractivity contribution in [3.05, 3.63) is 30.3 Å². The van der Waals surface area contributed by atoms with Gasteiger partial charge in [-0.05, 0) is 74.5 Å². The molecule has 1 aromatic heterocycles. The van der Waals surface area contributed by atoms with Gasteiger partial charge in [-0.15, -0.1) is 0 Å². The monoisotopic (exact) mass is 1000 g/mol. The van der Waals surface area contributed by atoms with Crippen LogP contribution in [0.5, 0.6) is 11.6 Å². The number of nitrogens with one attached hydrogen (secondary N) is 6. The largest absolute Gasteiger partial charge is 0.494 e. The summed E-state index contributed by atoms with van der Waals surface area (Å²) in [5.74, 6) is -5.90. The number of benzene rings is 1. The third-order valence-electron chi connectivity index (χ3n) is 10.9. The number of nitrogens with two attached hydrogens (primary N) is 1. The molecule has 0 spiro atoms. The summed E-state index contributed by atoms with van der Waals surface area (Å²) in [6.07, 6.45) is -0.980. The number of carbonyl (C=O) groups excluding carboxylic acids is 9. The number of amides is 7. The maximum Gasteiger partial charge on any atom is 0.328 e. The van der Waals surface area contributed by atoms with Crippen molar-refractivity contribution in [1.29, 1.82) is 0 Å². The smallest absolute Gasteiger partial charge is 0.328 e. The van der Waals surface area contributed by atoms with Crippen LogP contribution in [0, 0.1) is 23.7 Å². The highest BCUT2D eigenvalue weighted by Gasteiger charge is 2.34. The predicted molar refractivity (Wildman–Crippen MR) is 261 cm³/mol. The van der Waals surface area contributed by atoms with Crippen LogP contribution in [0.1, 0.15) is 107 Å². The van der Waals surface area contributed by atoms with Gasteiger partial charge in [0.05, 0.1) is 45.5 Å². The summed E-state index contributed by atoms with van der Waals surface area (Å²) in [6.45, 7) is 16.0. The summed E-state index contributed by atoms with van der Waals surface area (Å²) in [4.78, 5) is 120. The Kier molecular flexibility index (Phi) is 25.8. The van der Waals surface area contributed by atoms with Crippen LogP contribution in [0.15, 0.2) is 30.3 Å². The van der Waals surface area contributed by atoms with Crippen LogP contribution < -0.4 is 47.1 Å². The molecular formula is C49H76N8O14. The first-order chi connectivity index (χ1) is 33.4. The van der Waals surface area contributed by atoms with Gasteiger partial charge in [-0.2, -0.15) is 0 Å². The second-order valence-corrected chi connectivity index (χ2v) is 18.9. The number of pyridine rings is 1. The van der Waals surface area contributed by atoms with Crippen molar-refractivity contribution >= 4 is 64.2 Å². The molecule has 0 fully saturated rings. The quantitative estimate of drug-likeness (QED) is 0.0392. The SMILES string of the molecule is COC(=O)[C@H](CC(N)=O)NC(=O)[C@H](CC(C)C)NC(=O)[C@@H](NC(=O)CCCOc1ccc2ccc(OCCCC(=O)N[C@H](C(=O)N[C@@H](CC(C)C)C(=O)N[C@H](C(=O)OC)C(C)C)C(C)C)cc2n1)[C@@H](C)O. The Balaban J connectivity index is 1.94. The molecule has 2 aromatic rings. The topological polar surface area (TPSA) is 322 Å². The van der Waals surface area contributed by atoms with Crippen molar-refractivity contribution in [2.45, 2.75) is 150 Å². The highest BCUT2D eigenvalue weighted by Crippen LogP contribution is 2.23. The molecule has 0 aliphatic heterocycles. The Labute approximate surface area is 415 Å². The molecule has 0 saturated carbocycles. The third-order valence-corrected chi connectivity index (χ3v) is 10.9. The summed E-state index contributed by atoms with van der Waals surface area (Å²) in [6, 6.07) is 1.94. The number of esters is 2. The van der Waals surface area contributed by atoms with E-state index in [1.165, 1.54) is 14.0 Å². The highest BCUT2D eigenvalue weighted by molar-refractivity contribution is 5.95. The summed E-state index contributed by atoms with van der Waals surface area (Å²) in [7, 11) is 2.32. The van der Waals surface area contributed by atoms with Crippen molar-refractivity contribution < 1.29 is 67.2 Å². The molecule has 0 unspecified atom stereocenters. The van der Waals surface area contributed by atoms with E-state index in [2.05, 4.69) is 41.6 Å². The van der Waals surface area contributed by atoms with Crippen molar-refractivity contribution in [3.63, 3.8) is 0 Å². The lowest BCUT2D eigenvalue weighted by Gasteiger charge is -2.28. The van der Waals surface area contributed by atoms with Gasteiger partial charge in [0.25, 0.3) is 0 Å². The van der Waals surface area contributed by atoms with Gasteiger partial charge in [0.1, 0.15) is 42.0 Å². The standard InChI is InChI=1S/C49H76N8O14/c1-26(2)22-34(44(62)54-36(25-37(50)59)48(66)68-10)53-47(65)43(30(9)58)56-39(61)15-13-21-71-40-19-17-31-16-18-32(24-33(31)51-40)70-20-12-14-38(60)55-41(28(5)6)46(64)52-35(23-27(3)4)45(63)57-42(29(7)8)49(67)69-11/h16-19,24,26-30,34-36,41-43,58H,12-15,20-23,25H2,1-11H3,(H2,50,59)(H,52,64)(H,53,65)(H,54,62)(H,55,60)(H,56,61)(H,57,63)/t30-,34+,35+,36+,41+,42+,43+/m1/s1. The molecule has 2 rings (SSSR count). The first-order valence-electron chi connectivity index (χ1n) is 24.0. The van der Waals surface area contributed by atoms with Crippen molar-refractivity contribution in [1.82, 2.24) is 36.9 Å². The zero-order valence-electron chi connectivity index (χ0n) is 42.9. The number of fused-ring (bicyclic) bond motifs is 1. The summed E-state index contributed by atoms with van der Waals surface area (Å²) in [5.41, 5.74) is 5.77. The Morgan fingerprint density at radius 2 is 1.06 bits per heavy atom. The number of rotatable bonds is 31. The lowest BCUT2D eigenvalue weighted by Crippen LogP contribution is -2.58. The van der Waals surface area contributed by atoms with E-state index in [1.807, 2.05) is 19.9 Å². The van der Waals surface area contributed by atoms with E-state index in [0.29, 0.717) is 24.1 Å². The van der Waals surface area contributed by atoms with Crippen molar-refractivity contribution in [3.8, 4) is 11.6 Å². The number of aromatic nitrogens is 1. The van der Waals surface area contributed by atoms with Crippen molar-refractivity contribution in [2.75, 3.05) is 27.4 Å². The third kappa shape index (κ3) is 21.5. The fourth-order valence-electron chi connectivity index (χ4n) is 7.13. The van der Waals surface area contributed by atoms with Gasteiger partial charge in [-0.3, -0.25) is 33.6 Å². The molecule has 0 radical (unpaired) electrons.